The Morgan fingerprint density at radius 1 is 1.05 bits per heavy atom. The molecule has 1 aliphatic heterocycles. The molecule has 4 rings (SSSR count). The number of likely N-dealkylation sites (N-methyl/N-ethyl adjacent to an activating group) is 1. The van der Waals surface area contributed by atoms with Gasteiger partial charge in [0.25, 0.3) is 15.9 Å². The Labute approximate surface area is 239 Å². The molecule has 0 bridgehead atoms. The van der Waals surface area contributed by atoms with Gasteiger partial charge >= 0.3 is 0 Å². The molecule has 0 aromatic heterocycles. The van der Waals surface area contributed by atoms with E-state index in [1.807, 2.05) is 0 Å². The summed E-state index contributed by atoms with van der Waals surface area (Å²) in [5, 5.41) is 9.87. The number of hydrogen-bond donors (Lipinski definition) is 2. The van der Waals surface area contributed by atoms with Gasteiger partial charge in [-0.25, -0.2) is 21.2 Å². The number of nitrogens with one attached hydrogen (secondary N) is 1. The highest BCUT2D eigenvalue weighted by Crippen LogP contribution is 2.32. The monoisotopic (exact) mass is 605 g/mol. The van der Waals surface area contributed by atoms with Crippen LogP contribution >= 0.6 is 0 Å². The van der Waals surface area contributed by atoms with E-state index in [0.29, 0.717) is 0 Å². The molecular formula is C28H32FN3O7S2. The summed E-state index contributed by atoms with van der Waals surface area (Å²) in [5.41, 5.74) is 0.182. The van der Waals surface area contributed by atoms with E-state index in [0.717, 1.165) is 16.4 Å². The number of hydrogen-bond acceptors (Lipinski definition) is 7. The molecule has 1 amide bonds. The third kappa shape index (κ3) is 6.70. The van der Waals surface area contributed by atoms with Crippen LogP contribution in [0.5, 0.6) is 5.75 Å². The molecule has 0 saturated heterocycles. The number of carbonyl (C=O) groups is 1. The Morgan fingerprint density at radius 2 is 1.71 bits per heavy atom. The highest BCUT2D eigenvalue weighted by atomic mass is 32.2. The van der Waals surface area contributed by atoms with Crippen LogP contribution in [-0.4, -0.2) is 75.9 Å². The maximum absolute atomic E-state index is 13.6. The number of sulfonamides is 2. The lowest BCUT2D eigenvalue weighted by molar-refractivity contribution is 0.0387. The number of aliphatic hydroxyl groups is 1. The first kappa shape index (κ1) is 30.4. The number of rotatable bonds is 9. The fourth-order valence-electron chi connectivity index (χ4n) is 4.46. The van der Waals surface area contributed by atoms with E-state index in [2.05, 4.69) is 4.72 Å². The first-order valence-corrected chi connectivity index (χ1v) is 15.8. The van der Waals surface area contributed by atoms with E-state index in [9.17, 15) is 31.1 Å². The van der Waals surface area contributed by atoms with Crippen LogP contribution in [-0.2, 0) is 20.0 Å². The van der Waals surface area contributed by atoms with Gasteiger partial charge in [0.1, 0.15) is 17.7 Å². The molecule has 3 aromatic carbocycles. The summed E-state index contributed by atoms with van der Waals surface area (Å²) in [6.07, 6.45) is -0.734. The highest BCUT2D eigenvalue weighted by Gasteiger charge is 2.35. The summed E-state index contributed by atoms with van der Waals surface area (Å²) in [5.74, 6) is -1.27. The smallest absolute Gasteiger partial charge is 0.261 e. The second-order valence-electron chi connectivity index (χ2n) is 9.99. The summed E-state index contributed by atoms with van der Waals surface area (Å²) >= 11 is 0. The van der Waals surface area contributed by atoms with E-state index >= 15 is 0 Å². The summed E-state index contributed by atoms with van der Waals surface area (Å²) in [7, 11) is -6.54. The van der Waals surface area contributed by atoms with Crippen molar-refractivity contribution in [2.45, 2.75) is 35.8 Å². The van der Waals surface area contributed by atoms with Crippen molar-refractivity contribution in [1.29, 1.82) is 0 Å². The van der Waals surface area contributed by atoms with Crippen LogP contribution in [0.2, 0.25) is 0 Å². The van der Waals surface area contributed by atoms with Crippen molar-refractivity contribution in [2.24, 2.45) is 5.92 Å². The molecule has 220 valence electrons. The van der Waals surface area contributed by atoms with Gasteiger partial charge in [-0.3, -0.25) is 9.52 Å². The molecule has 13 heteroatoms. The van der Waals surface area contributed by atoms with Gasteiger partial charge in [-0.1, -0.05) is 25.1 Å². The van der Waals surface area contributed by atoms with Gasteiger partial charge in [-0.15, -0.1) is 0 Å². The highest BCUT2D eigenvalue weighted by molar-refractivity contribution is 7.92. The predicted octanol–water partition coefficient (Wildman–Crippen LogP) is 3.17. The molecule has 41 heavy (non-hydrogen) atoms. The number of nitrogens with zero attached hydrogens (tertiary/aromatic N) is 2. The Balaban J connectivity index is 1.68. The van der Waals surface area contributed by atoms with E-state index in [1.54, 1.807) is 32.0 Å². The Morgan fingerprint density at radius 3 is 2.34 bits per heavy atom. The number of fused-ring (bicyclic) bond motifs is 1. The lowest BCUT2D eigenvalue weighted by atomic mass is 9.99. The van der Waals surface area contributed by atoms with Gasteiger partial charge < -0.3 is 14.7 Å². The molecule has 0 unspecified atom stereocenters. The minimum Gasteiger partial charge on any atom is -0.488 e. The molecule has 0 fully saturated rings. The SMILES string of the molecule is C[C@@H]1CN([C@@H](C)CO)C(=O)c2cc(NS(=O)(=O)c3ccccc3)ccc2O[C@@H]1CN(C)S(=O)(=O)c1ccc(F)cc1. The van der Waals surface area contributed by atoms with Gasteiger partial charge in [0.2, 0.25) is 10.0 Å². The third-order valence-corrected chi connectivity index (χ3v) is 10.2. The zero-order chi connectivity index (χ0) is 29.9. The van der Waals surface area contributed by atoms with Crippen molar-refractivity contribution in [2.75, 3.05) is 31.5 Å². The molecule has 10 nitrogen and oxygen atoms in total. The number of anilines is 1. The van der Waals surface area contributed by atoms with Crippen LogP contribution in [0.1, 0.15) is 24.2 Å². The molecule has 3 atom stereocenters. The topological polar surface area (TPSA) is 133 Å². The van der Waals surface area contributed by atoms with E-state index in [4.69, 9.17) is 4.74 Å². The van der Waals surface area contributed by atoms with Crippen molar-refractivity contribution in [1.82, 2.24) is 9.21 Å². The van der Waals surface area contributed by atoms with E-state index in [1.165, 1.54) is 54.4 Å². The number of halogens is 1. The van der Waals surface area contributed by atoms with E-state index < -0.39 is 43.9 Å². The summed E-state index contributed by atoms with van der Waals surface area (Å²) in [6, 6.07) is 15.9. The van der Waals surface area contributed by atoms with Crippen molar-refractivity contribution in [3.63, 3.8) is 0 Å². The minimum atomic E-state index is -3.99. The van der Waals surface area contributed by atoms with Gasteiger partial charge in [-0.2, -0.15) is 4.31 Å². The second kappa shape index (κ2) is 12.1. The van der Waals surface area contributed by atoms with Crippen molar-refractivity contribution >= 4 is 31.6 Å². The lowest BCUT2D eigenvalue weighted by Crippen LogP contribution is -2.50. The van der Waals surface area contributed by atoms with Crippen LogP contribution < -0.4 is 9.46 Å². The van der Waals surface area contributed by atoms with Gasteiger partial charge in [0, 0.05) is 25.2 Å². The van der Waals surface area contributed by atoms with E-state index in [-0.39, 0.29) is 52.4 Å². The van der Waals surface area contributed by atoms with Crippen LogP contribution in [0.25, 0.3) is 0 Å². The van der Waals surface area contributed by atoms with Crippen LogP contribution in [0.15, 0.2) is 82.6 Å². The number of aliphatic hydroxyl groups excluding tert-OH is 1. The number of amides is 1. The fraction of sp³-hybridized carbons (Fsp3) is 0.321. The maximum Gasteiger partial charge on any atom is 0.261 e. The minimum absolute atomic E-state index is 0.0455. The molecular weight excluding hydrogens is 573 g/mol. The van der Waals surface area contributed by atoms with Gasteiger partial charge in [0.05, 0.1) is 34.5 Å². The van der Waals surface area contributed by atoms with Crippen molar-refractivity contribution < 1.29 is 35.9 Å². The van der Waals surface area contributed by atoms with Crippen molar-refractivity contribution in [3.8, 4) is 5.75 Å². The average molecular weight is 606 g/mol. The Hall–Kier alpha value is -3.52. The van der Waals surface area contributed by atoms with Crippen molar-refractivity contribution in [3.05, 3.63) is 84.2 Å². The number of ether oxygens (including phenoxy) is 1. The van der Waals surface area contributed by atoms with Crippen LogP contribution in [0, 0.1) is 11.7 Å². The first-order valence-electron chi connectivity index (χ1n) is 12.9. The van der Waals surface area contributed by atoms with Crippen LogP contribution in [0.4, 0.5) is 10.1 Å². The zero-order valence-electron chi connectivity index (χ0n) is 22.8. The number of benzene rings is 3. The standard InChI is InChI=1S/C28H32FN3O7S2/c1-19-16-32(20(2)18-33)28(34)25-15-22(30-40(35,36)23-7-5-4-6-8-23)11-14-26(25)39-27(19)17-31(3)41(37,38)24-12-9-21(29)10-13-24/h4-15,19-20,27,30,33H,16-18H2,1-3H3/t19-,20+,27-/m1/s1. The third-order valence-electron chi connectivity index (χ3n) is 6.93. The molecule has 0 spiro atoms. The average Bonchev–Trinajstić information content (AvgIpc) is 2.95. The van der Waals surface area contributed by atoms with Gasteiger partial charge in [0.15, 0.2) is 0 Å². The quantitative estimate of drug-likeness (QED) is 0.383. The molecule has 0 saturated carbocycles. The summed E-state index contributed by atoms with van der Waals surface area (Å²) in [6.45, 7) is 3.20. The lowest BCUT2D eigenvalue weighted by Gasteiger charge is -2.38. The second-order valence-corrected chi connectivity index (χ2v) is 13.7. The maximum atomic E-state index is 13.6. The van der Waals surface area contributed by atoms with Gasteiger partial charge in [-0.05, 0) is 61.5 Å². The first-order chi connectivity index (χ1) is 19.3. The molecule has 2 N–H and O–H groups in total. The fourth-order valence-corrected chi connectivity index (χ4v) is 6.71. The summed E-state index contributed by atoms with van der Waals surface area (Å²) < 4.78 is 75.3. The molecule has 1 heterocycles. The molecule has 0 aliphatic carbocycles. The molecule has 1 aliphatic rings. The summed E-state index contributed by atoms with van der Waals surface area (Å²) in [4.78, 5) is 15.1. The largest absolute Gasteiger partial charge is 0.488 e. The normalized spacial score (nSPS) is 18.7. The predicted molar refractivity (Wildman–Crippen MR) is 151 cm³/mol. The molecule has 3 aromatic rings. The molecule has 0 radical (unpaired) electrons. The Kier molecular flexibility index (Phi) is 9.02. The zero-order valence-corrected chi connectivity index (χ0v) is 24.4. The number of carbonyl (C=O) groups excluding carboxylic acids is 1. The Bertz CT molecular complexity index is 1600. The van der Waals surface area contributed by atoms with Crippen LogP contribution in [0.3, 0.4) is 0 Å².